The zero-order valence-corrected chi connectivity index (χ0v) is 9.00. The maximum Gasteiger partial charge on any atom is 0.148 e. The number of halogens is 3. The smallest absolute Gasteiger partial charge is 0.148 e. The monoisotopic (exact) mass is 233 g/mol. The molecule has 1 aromatic carbocycles. The lowest BCUT2D eigenvalue weighted by molar-refractivity contribution is 0.559. The zero-order chi connectivity index (χ0) is 10.1. The van der Waals surface area contributed by atoms with Crippen LogP contribution in [0.2, 0.25) is 10.0 Å². The van der Waals surface area contributed by atoms with E-state index < -0.39 is 5.82 Å². The molecule has 0 amide bonds. The van der Waals surface area contributed by atoms with Gasteiger partial charge in [-0.2, -0.15) is 0 Å². The molecule has 0 aromatic heterocycles. The Morgan fingerprint density at radius 2 is 2.00 bits per heavy atom. The minimum absolute atomic E-state index is 0.0150. The average Bonchev–Trinajstić information content (AvgIpc) is 2.65. The van der Waals surface area contributed by atoms with Gasteiger partial charge in [-0.05, 0) is 31.5 Å². The fourth-order valence-electron chi connectivity index (χ4n) is 1.79. The molecule has 14 heavy (non-hydrogen) atoms. The Labute approximate surface area is 92.2 Å². The fraction of sp³-hybridized carbons (Fsp3) is 0.400. The molecule has 1 aromatic rings. The summed E-state index contributed by atoms with van der Waals surface area (Å²) in [7, 11) is 0. The van der Waals surface area contributed by atoms with Crippen LogP contribution in [0.1, 0.15) is 24.4 Å². The SMILES string of the molecule is Fc1c(Cl)ccc(Cl)c1[C@@H]1CCCN1. The Kier molecular flexibility index (Phi) is 2.96. The molecule has 0 spiro atoms. The van der Waals surface area contributed by atoms with E-state index in [0.717, 1.165) is 19.4 Å². The van der Waals surface area contributed by atoms with Crippen molar-refractivity contribution < 1.29 is 4.39 Å². The molecule has 1 aliphatic heterocycles. The molecule has 0 radical (unpaired) electrons. The summed E-state index contributed by atoms with van der Waals surface area (Å²) in [5, 5.41) is 3.79. The van der Waals surface area contributed by atoms with Crippen molar-refractivity contribution in [1.82, 2.24) is 5.32 Å². The van der Waals surface area contributed by atoms with E-state index in [1.165, 1.54) is 6.07 Å². The van der Waals surface area contributed by atoms with Gasteiger partial charge in [-0.25, -0.2) is 4.39 Å². The van der Waals surface area contributed by atoms with E-state index in [2.05, 4.69) is 5.32 Å². The van der Waals surface area contributed by atoms with Crippen molar-refractivity contribution in [3.05, 3.63) is 33.6 Å². The second kappa shape index (κ2) is 4.05. The molecule has 1 atom stereocenters. The first-order valence-electron chi connectivity index (χ1n) is 4.57. The molecular formula is C10H10Cl2FN. The van der Waals surface area contributed by atoms with Crippen LogP contribution in [0.5, 0.6) is 0 Å². The highest BCUT2D eigenvalue weighted by molar-refractivity contribution is 6.33. The van der Waals surface area contributed by atoms with Crippen molar-refractivity contribution in [1.29, 1.82) is 0 Å². The van der Waals surface area contributed by atoms with Gasteiger partial charge >= 0.3 is 0 Å². The fourth-order valence-corrected chi connectivity index (χ4v) is 2.24. The van der Waals surface area contributed by atoms with E-state index in [1.54, 1.807) is 6.07 Å². The second-order valence-electron chi connectivity index (χ2n) is 3.41. The Bertz CT molecular complexity index is 348. The molecule has 1 aliphatic rings. The largest absolute Gasteiger partial charge is 0.310 e. The van der Waals surface area contributed by atoms with Crippen molar-refractivity contribution in [2.75, 3.05) is 6.54 Å². The molecule has 4 heteroatoms. The van der Waals surface area contributed by atoms with E-state index in [4.69, 9.17) is 23.2 Å². The van der Waals surface area contributed by atoms with Crippen molar-refractivity contribution in [3.8, 4) is 0 Å². The first kappa shape index (κ1) is 10.2. The predicted octanol–water partition coefficient (Wildman–Crippen LogP) is 3.56. The van der Waals surface area contributed by atoms with E-state index in [9.17, 15) is 4.39 Å². The van der Waals surface area contributed by atoms with Crippen LogP contribution in [0.25, 0.3) is 0 Å². The molecular weight excluding hydrogens is 224 g/mol. The minimum Gasteiger partial charge on any atom is -0.310 e. The Morgan fingerprint density at radius 3 is 2.64 bits per heavy atom. The highest BCUT2D eigenvalue weighted by Gasteiger charge is 2.23. The normalized spacial score (nSPS) is 21.5. The van der Waals surface area contributed by atoms with Gasteiger partial charge in [0.25, 0.3) is 0 Å². The standard InChI is InChI=1S/C10H10Cl2FN/c11-6-3-4-7(12)10(13)9(6)8-2-1-5-14-8/h3-4,8,14H,1-2,5H2/t8-/m0/s1. The van der Waals surface area contributed by atoms with Crippen molar-refractivity contribution in [3.63, 3.8) is 0 Å². The molecule has 0 unspecified atom stereocenters. The molecule has 1 heterocycles. The van der Waals surface area contributed by atoms with Gasteiger partial charge in [-0.3, -0.25) is 0 Å². The summed E-state index contributed by atoms with van der Waals surface area (Å²) >= 11 is 11.6. The molecule has 1 fully saturated rings. The summed E-state index contributed by atoms with van der Waals surface area (Å²) in [6.07, 6.45) is 1.96. The van der Waals surface area contributed by atoms with Crippen molar-refractivity contribution in [2.24, 2.45) is 0 Å². The predicted molar refractivity (Wildman–Crippen MR) is 56.4 cm³/mol. The highest BCUT2D eigenvalue weighted by atomic mass is 35.5. The van der Waals surface area contributed by atoms with Gasteiger partial charge in [-0.1, -0.05) is 23.2 Å². The Morgan fingerprint density at radius 1 is 1.29 bits per heavy atom. The molecule has 2 rings (SSSR count). The van der Waals surface area contributed by atoms with Crippen molar-refractivity contribution in [2.45, 2.75) is 18.9 Å². The maximum atomic E-state index is 13.7. The second-order valence-corrected chi connectivity index (χ2v) is 4.22. The van der Waals surface area contributed by atoms with Gasteiger partial charge in [0.1, 0.15) is 5.82 Å². The summed E-state index contributed by atoms with van der Waals surface area (Å²) in [6.45, 7) is 0.910. The molecule has 76 valence electrons. The van der Waals surface area contributed by atoms with Gasteiger partial charge in [0.2, 0.25) is 0 Å². The molecule has 0 bridgehead atoms. The van der Waals surface area contributed by atoms with Gasteiger partial charge < -0.3 is 5.32 Å². The van der Waals surface area contributed by atoms with Crippen LogP contribution < -0.4 is 5.32 Å². The third-order valence-electron chi connectivity index (χ3n) is 2.49. The van der Waals surface area contributed by atoms with Crippen molar-refractivity contribution >= 4 is 23.2 Å². The van der Waals surface area contributed by atoms with E-state index in [-0.39, 0.29) is 11.1 Å². The van der Waals surface area contributed by atoms with Crippen LogP contribution in [0.4, 0.5) is 4.39 Å². The van der Waals surface area contributed by atoms with Crippen LogP contribution in [0, 0.1) is 5.82 Å². The third-order valence-corrected chi connectivity index (χ3v) is 3.11. The summed E-state index contributed by atoms with van der Waals surface area (Å²) < 4.78 is 13.7. The summed E-state index contributed by atoms with van der Waals surface area (Å²) in [5.41, 5.74) is 0.511. The molecule has 1 nitrogen and oxygen atoms in total. The molecule has 1 N–H and O–H groups in total. The Hall–Kier alpha value is -0.310. The van der Waals surface area contributed by atoms with E-state index in [0.29, 0.717) is 10.6 Å². The van der Waals surface area contributed by atoms with Crippen LogP contribution >= 0.6 is 23.2 Å². The average molecular weight is 234 g/mol. The van der Waals surface area contributed by atoms with Crippen LogP contribution in [0.15, 0.2) is 12.1 Å². The molecule has 0 aliphatic carbocycles. The zero-order valence-electron chi connectivity index (χ0n) is 7.49. The number of rotatable bonds is 1. The Balaban J connectivity index is 2.44. The van der Waals surface area contributed by atoms with Crippen LogP contribution in [-0.4, -0.2) is 6.54 Å². The van der Waals surface area contributed by atoms with Gasteiger partial charge in [0.15, 0.2) is 0 Å². The summed E-state index contributed by atoms with van der Waals surface area (Å²) in [4.78, 5) is 0. The summed E-state index contributed by atoms with van der Waals surface area (Å²) in [5.74, 6) is -0.390. The highest BCUT2D eigenvalue weighted by Crippen LogP contribution is 2.34. The lowest BCUT2D eigenvalue weighted by Crippen LogP contribution is -2.15. The maximum absolute atomic E-state index is 13.7. The van der Waals surface area contributed by atoms with E-state index >= 15 is 0 Å². The number of hydrogen-bond donors (Lipinski definition) is 1. The first-order chi connectivity index (χ1) is 6.70. The molecule has 1 saturated heterocycles. The summed E-state index contributed by atoms with van der Waals surface area (Å²) in [6, 6.07) is 3.14. The number of nitrogens with one attached hydrogen (secondary N) is 1. The molecule has 0 saturated carbocycles. The third kappa shape index (κ3) is 1.74. The quantitative estimate of drug-likeness (QED) is 0.732. The minimum atomic E-state index is -0.390. The van der Waals surface area contributed by atoms with Gasteiger partial charge in [-0.15, -0.1) is 0 Å². The first-order valence-corrected chi connectivity index (χ1v) is 5.32. The van der Waals surface area contributed by atoms with Gasteiger partial charge in [0.05, 0.1) is 5.02 Å². The van der Waals surface area contributed by atoms with Crippen LogP contribution in [-0.2, 0) is 0 Å². The number of benzene rings is 1. The van der Waals surface area contributed by atoms with Gasteiger partial charge in [0, 0.05) is 16.6 Å². The number of hydrogen-bond acceptors (Lipinski definition) is 1. The van der Waals surface area contributed by atoms with E-state index in [1.807, 2.05) is 0 Å². The van der Waals surface area contributed by atoms with Crippen LogP contribution in [0.3, 0.4) is 0 Å². The topological polar surface area (TPSA) is 12.0 Å². The lowest BCUT2D eigenvalue weighted by Gasteiger charge is -2.14. The lowest BCUT2D eigenvalue weighted by atomic mass is 10.0.